The minimum Gasteiger partial charge on any atom is -0.464 e. The van der Waals surface area contributed by atoms with E-state index in [1.807, 2.05) is 41.5 Å². The van der Waals surface area contributed by atoms with E-state index in [-0.39, 0.29) is 54.3 Å². The number of amides is 3. The number of rotatable bonds is 18. The smallest absolute Gasteiger partial charge is 0.328 e. The SMILES string of the molecule is CCOC(=O)C(CC(C)C)NC(=O)c1cc(C(=O)NC(CC(C)C)C(=O)OCC)cc(C(=O)NC(CC(C)C)C(=O)OCC)c1. The molecule has 0 spiro atoms. The van der Waals surface area contributed by atoms with Crippen molar-refractivity contribution in [2.45, 2.75) is 99.7 Å². The Bertz CT molecular complexity index is 1020. The molecule has 3 atom stereocenters. The summed E-state index contributed by atoms with van der Waals surface area (Å²) in [5.41, 5.74) is -0.253. The van der Waals surface area contributed by atoms with Crippen molar-refractivity contribution in [3.8, 4) is 0 Å². The highest BCUT2D eigenvalue weighted by molar-refractivity contribution is 6.06. The molecular formula is C33H51N3O9. The molecule has 0 bridgehead atoms. The summed E-state index contributed by atoms with van der Waals surface area (Å²) in [6.07, 6.45) is 0.890. The summed E-state index contributed by atoms with van der Waals surface area (Å²) >= 11 is 0. The molecule has 45 heavy (non-hydrogen) atoms. The van der Waals surface area contributed by atoms with Gasteiger partial charge in [0.1, 0.15) is 18.1 Å². The Hall–Kier alpha value is -3.96. The van der Waals surface area contributed by atoms with E-state index < -0.39 is 53.8 Å². The van der Waals surface area contributed by atoms with Crippen molar-refractivity contribution in [2.75, 3.05) is 19.8 Å². The average molecular weight is 634 g/mol. The lowest BCUT2D eigenvalue weighted by Crippen LogP contribution is -2.44. The maximum absolute atomic E-state index is 13.5. The van der Waals surface area contributed by atoms with E-state index in [4.69, 9.17) is 14.2 Å². The Morgan fingerprint density at radius 3 is 0.889 bits per heavy atom. The van der Waals surface area contributed by atoms with Crippen molar-refractivity contribution in [1.82, 2.24) is 16.0 Å². The Balaban J connectivity index is 3.59. The zero-order valence-corrected chi connectivity index (χ0v) is 28.1. The molecule has 3 N–H and O–H groups in total. The first kappa shape index (κ1) is 39.1. The topological polar surface area (TPSA) is 166 Å². The van der Waals surface area contributed by atoms with E-state index in [1.54, 1.807) is 20.8 Å². The summed E-state index contributed by atoms with van der Waals surface area (Å²) in [4.78, 5) is 78.2. The van der Waals surface area contributed by atoms with Gasteiger partial charge in [0.05, 0.1) is 19.8 Å². The number of carbonyl (C=O) groups excluding carboxylic acids is 6. The quantitative estimate of drug-likeness (QED) is 0.161. The van der Waals surface area contributed by atoms with Crippen molar-refractivity contribution in [2.24, 2.45) is 17.8 Å². The molecule has 0 aliphatic carbocycles. The zero-order valence-electron chi connectivity index (χ0n) is 28.1. The molecule has 12 heteroatoms. The van der Waals surface area contributed by atoms with E-state index in [2.05, 4.69) is 16.0 Å². The Labute approximate surface area is 266 Å². The van der Waals surface area contributed by atoms with Crippen LogP contribution < -0.4 is 16.0 Å². The summed E-state index contributed by atoms with van der Waals surface area (Å²) in [5, 5.41) is 7.98. The second kappa shape index (κ2) is 19.4. The first-order valence-electron chi connectivity index (χ1n) is 15.7. The van der Waals surface area contributed by atoms with Gasteiger partial charge in [0.25, 0.3) is 17.7 Å². The van der Waals surface area contributed by atoms with Gasteiger partial charge in [0.15, 0.2) is 0 Å². The van der Waals surface area contributed by atoms with Gasteiger partial charge < -0.3 is 30.2 Å². The molecule has 3 amide bonds. The van der Waals surface area contributed by atoms with Crippen LogP contribution in [0.25, 0.3) is 0 Å². The third-order valence-electron chi connectivity index (χ3n) is 6.47. The molecule has 0 aliphatic rings. The first-order valence-corrected chi connectivity index (χ1v) is 15.7. The third-order valence-corrected chi connectivity index (χ3v) is 6.47. The fourth-order valence-electron chi connectivity index (χ4n) is 4.53. The van der Waals surface area contributed by atoms with Crippen LogP contribution in [0, 0.1) is 17.8 Å². The van der Waals surface area contributed by atoms with Gasteiger partial charge in [-0.3, -0.25) is 14.4 Å². The highest BCUT2D eigenvalue weighted by Gasteiger charge is 2.29. The molecule has 0 heterocycles. The first-order chi connectivity index (χ1) is 21.1. The van der Waals surface area contributed by atoms with Gasteiger partial charge in [-0.1, -0.05) is 41.5 Å². The average Bonchev–Trinajstić information content (AvgIpc) is 2.95. The molecule has 1 aromatic rings. The molecule has 0 saturated heterocycles. The highest BCUT2D eigenvalue weighted by Crippen LogP contribution is 2.16. The van der Waals surface area contributed by atoms with Crippen molar-refractivity contribution in [3.05, 3.63) is 34.9 Å². The Morgan fingerprint density at radius 1 is 0.489 bits per heavy atom. The molecule has 12 nitrogen and oxygen atoms in total. The zero-order chi connectivity index (χ0) is 34.3. The van der Waals surface area contributed by atoms with Crippen LogP contribution in [-0.4, -0.2) is 73.6 Å². The molecule has 1 aromatic carbocycles. The normalized spacial score (nSPS) is 13.1. The number of benzene rings is 1. The van der Waals surface area contributed by atoms with Crippen LogP contribution in [0.5, 0.6) is 0 Å². The molecule has 3 unspecified atom stereocenters. The number of ether oxygens (including phenoxy) is 3. The number of hydrogen-bond donors (Lipinski definition) is 3. The third kappa shape index (κ3) is 13.7. The minimum absolute atomic E-state index is 0.0414. The van der Waals surface area contributed by atoms with Crippen LogP contribution in [0.1, 0.15) is 113 Å². The fraction of sp³-hybridized carbons (Fsp3) is 0.636. The van der Waals surface area contributed by atoms with Gasteiger partial charge in [-0.05, 0) is 76.0 Å². The molecular weight excluding hydrogens is 582 g/mol. The highest BCUT2D eigenvalue weighted by atomic mass is 16.5. The van der Waals surface area contributed by atoms with Gasteiger partial charge in [-0.15, -0.1) is 0 Å². The van der Waals surface area contributed by atoms with Crippen LogP contribution in [0.4, 0.5) is 0 Å². The van der Waals surface area contributed by atoms with Crippen molar-refractivity contribution in [1.29, 1.82) is 0 Å². The minimum atomic E-state index is -0.967. The lowest BCUT2D eigenvalue weighted by Gasteiger charge is -2.21. The molecule has 0 aliphatic heterocycles. The van der Waals surface area contributed by atoms with Crippen molar-refractivity contribution < 1.29 is 43.0 Å². The summed E-state index contributed by atoms with van der Waals surface area (Å²) in [5.74, 6) is -3.85. The van der Waals surface area contributed by atoms with Crippen molar-refractivity contribution in [3.63, 3.8) is 0 Å². The maximum Gasteiger partial charge on any atom is 0.328 e. The number of hydrogen-bond acceptors (Lipinski definition) is 9. The summed E-state index contributed by atoms with van der Waals surface area (Å²) in [6.45, 7) is 16.7. The number of esters is 3. The van der Waals surface area contributed by atoms with Crippen LogP contribution in [0.2, 0.25) is 0 Å². The van der Waals surface area contributed by atoms with Crippen LogP contribution in [-0.2, 0) is 28.6 Å². The molecule has 0 radical (unpaired) electrons. The van der Waals surface area contributed by atoms with E-state index in [0.717, 1.165) is 0 Å². The lowest BCUT2D eigenvalue weighted by molar-refractivity contribution is -0.146. The number of carbonyl (C=O) groups is 6. The summed E-state index contributed by atoms with van der Waals surface area (Å²) in [6, 6.07) is 0.913. The largest absolute Gasteiger partial charge is 0.464 e. The molecule has 0 fully saturated rings. The lowest BCUT2D eigenvalue weighted by atomic mass is 9.99. The molecule has 252 valence electrons. The van der Waals surface area contributed by atoms with Gasteiger partial charge in [0, 0.05) is 16.7 Å². The van der Waals surface area contributed by atoms with E-state index in [1.165, 1.54) is 18.2 Å². The van der Waals surface area contributed by atoms with E-state index >= 15 is 0 Å². The van der Waals surface area contributed by atoms with Gasteiger partial charge in [0.2, 0.25) is 0 Å². The van der Waals surface area contributed by atoms with Crippen LogP contribution in [0.15, 0.2) is 18.2 Å². The van der Waals surface area contributed by atoms with Gasteiger partial charge >= 0.3 is 17.9 Å². The molecule has 0 saturated carbocycles. The van der Waals surface area contributed by atoms with Crippen LogP contribution in [0.3, 0.4) is 0 Å². The van der Waals surface area contributed by atoms with Gasteiger partial charge in [-0.2, -0.15) is 0 Å². The predicted molar refractivity (Wildman–Crippen MR) is 168 cm³/mol. The second-order valence-corrected chi connectivity index (χ2v) is 12.0. The monoisotopic (exact) mass is 633 g/mol. The fourth-order valence-corrected chi connectivity index (χ4v) is 4.53. The second-order valence-electron chi connectivity index (χ2n) is 12.0. The van der Waals surface area contributed by atoms with E-state index in [9.17, 15) is 28.8 Å². The van der Waals surface area contributed by atoms with Crippen molar-refractivity contribution >= 4 is 35.6 Å². The van der Waals surface area contributed by atoms with Crippen LogP contribution >= 0.6 is 0 Å². The predicted octanol–water partition coefficient (Wildman–Crippen LogP) is 3.81. The van der Waals surface area contributed by atoms with Gasteiger partial charge in [-0.25, -0.2) is 14.4 Å². The number of nitrogens with one attached hydrogen (secondary N) is 3. The van der Waals surface area contributed by atoms with E-state index in [0.29, 0.717) is 19.3 Å². The molecule has 0 aromatic heterocycles. The summed E-state index contributed by atoms with van der Waals surface area (Å²) < 4.78 is 15.4. The maximum atomic E-state index is 13.5. The standard InChI is InChI=1S/C33H51N3O9/c1-10-43-31(40)25(13-19(4)5)34-28(37)22-16-23(29(38)35-26(14-20(6)7)32(41)44-11-2)18-24(17-22)30(39)36-27(15-21(8)9)33(42)45-12-3/h16-21,25-27H,10-15H2,1-9H3,(H,34,37)(H,35,38)(H,36,39). The Morgan fingerprint density at radius 2 is 0.711 bits per heavy atom. The molecule has 1 rings (SSSR count). The summed E-state index contributed by atoms with van der Waals surface area (Å²) in [7, 11) is 0. The Kier molecular flexibility index (Phi) is 16.9.